The minimum atomic E-state index is -0.0312. The second-order valence-corrected chi connectivity index (χ2v) is 5.22. The Morgan fingerprint density at radius 1 is 1.33 bits per heavy atom. The lowest BCUT2D eigenvalue weighted by molar-refractivity contribution is 0.689. The molecule has 2 heteroatoms. The summed E-state index contributed by atoms with van der Waals surface area (Å²) in [6.45, 7) is 0. The molecule has 0 nitrogen and oxygen atoms in total. The lowest BCUT2D eigenvalue weighted by Gasteiger charge is -1.95. The Morgan fingerprint density at radius 3 is 2.11 bits per heavy atom. The highest BCUT2D eigenvalue weighted by Gasteiger charge is 2.61. The van der Waals surface area contributed by atoms with Gasteiger partial charge in [-0.3, -0.25) is 0 Å². The average molecular weight is 207 g/mol. The molecular weight excluding hydrogens is 199 g/mol. The molecule has 0 amide bonds. The van der Waals surface area contributed by atoms with Gasteiger partial charge in [-0.15, -0.1) is 11.6 Å². The zero-order chi connectivity index (χ0) is 6.48. The Kier molecular flexibility index (Phi) is 1.22. The fourth-order valence-electron chi connectivity index (χ4n) is 1.59. The summed E-state index contributed by atoms with van der Waals surface area (Å²) in [5, 5.41) is 0. The highest BCUT2D eigenvalue weighted by atomic mass is 79.9. The van der Waals surface area contributed by atoms with Gasteiger partial charge in [-0.25, -0.2) is 0 Å². The summed E-state index contributed by atoms with van der Waals surface area (Å²) in [6, 6.07) is 0. The maximum absolute atomic E-state index is 6.09. The summed E-state index contributed by atoms with van der Waals surface area (Å²) < 4.78 is -0.0312. The van der Waals surface area contributed by atoms with E-state index in [0.29, 0.717) is 11.8 Å². The molecule has 2 aliphatic carbocycles. The number of alkyl halides is 2. The van der Waals surface area contributed by atoms with E-state index in [4.69, 9.17) is 11.6 Å². The van der Waals surface area contributed by atoms with Gasteiger partial charge in [0.25, 0.3) is 0 Å². The number of allylic oxidation sites excluding steroid dienone is 2. The summed E-state index contributed by atoms with van der Waals surface area (Å²) in [4.78, 5) is 0. The van der Waals surface area contributed by atoms with Crippen molar-refractivity contribution in [2.45, 2.75) is 16.6 Å². The molecule has 0 unspecified atom stereocenters. The Labute approximate surface area is 68.4 Å². The fourth-order valence-corrected chi connectivity index (χ4v) is 2.89. The van der Waals surface area contributed by atoms with Crippen LogP contribution in [0.4, 0.5) is 0 Å². The van der Waals surface area contributed by atoms with E-state index in [9.17, 15) is 0 Å². The molecule has 2 aliphatic rings. The molecule has 0 aromatic rings. The van der Waals surface area contributed by atoms with E-state index in [2.05, 4.69) is 28.1 Å². The summed E-state index contributed by atoms with van der Waals surface area (Å²) in [5.74, 6) is 1.42. The van der Waals surface area contributed by atoms with Gasteiger partial charge in [0.05, 0.1) is 0 Å². The van der Waals surface area contributed by atoms with Gasteiger partial charge >= 0.3 is 0 Å². The maximum atomic E-state index is 6.09. The van der Waals surface area contributed by atoms with Crippen LogP contribution in [0.25, 0.3) is 0 Å². The lowest BCUT2D eigenvalue weighted by atomic mass is 10.1. The third-order valence-corrected chi connectivity index (χ3v) is 4.05. The summed E-state index contributed by atoms with van der Waals surface area (Å²) >= 11 is 9.60. The minimum absolute atomic E-state index is 0.0312. The quantitative estimate of drug-likeness (QED) is 0.423. The van der Waals surface area contributed by atoms with Crippen molar-refractivity contribution in [3.63, 3.8) is 0 Å². The van der Waals surface area contributed by atoms with E-state index in [0.717, 1.165) is 0 Å². The Bertz CT molecular complexity index is 146. The topological polar surface area (TPSA) is 0 Å². The molecule has 0 heterocycles. The van der Waals surface area contributed by atoms with Gasteiger partial charge in [-0.1, -0.05) is 28.1 Å². The first-order chi connectivity index (χ1) is 4.23. The van der Waals surface area contributed by atoms with E-state index in [1.807, 2.05) is 0 Å². The molecule has 0 aromatic carbocycles. The zero-order valence-electron chi connectivity index (χ0n) is 4.98. The fraction of sp³-hybridized carbons (Fsp3) is 0.714. The molecule has 0 saturated heterocycles. The van der Waals surface area contributed by atoms with Crippen LogP contribution >= 0.6 is 27.5 Å². The van der Waals surface area contributed by atoms with Gasteiger partial charge in [-0.2, -0.15) is 0 Å². The molecule has 2 atom stereocenters. The SMILES string of the molecule is ClC1(Br)[C@H]2CC=CC[C@@H]21. The molecule has 1 saturated carbocycles. The van der Waals surface area contributed by atoms with Crippen LogP contribution in [0.15, 0.2) is 12.2 Å². The molecule has 0 aliphatic heterocycles. The predicted octanol–water partition coefficient (Wildman–Crippen LogP) is 2.91. The van der Waals surface area contributed by atoms with Crippen LogP contribution in [-0.2, 0) is 0 Å². The second kappa shape index (κ2) is 1.76. The average Bonchev–Trinajstić information content (AvgIpc) is 2.39. The Morgan fingerprint density at radius 2 is 1.78 bits per heavy atom. The third kappa shape index (κ3) is 0.779. The molecule has 0 radical (unpaired) electrons. The predicted molar refractivity (Wildman–Crippen MR) is 42.9 cm³/mol. The summed E-state index contributed by atoms with van der Waals surface area (Å²) in [7, 11) is 0. The van der Waals surface area contributed by atoms with Crippen molar-refractivity contribution in [2.24, 2.45) is 11.8 Å². The smallest absolute Gasteiger partial charge is 0.106 e. The van der Waals surface area contributed by atoms with Crippen molar-refractivity contribution < 1.29 is 0 Å². The molecule has 2 rings (SSSR count). The Hall–Kier alpha value is 0.510. The summed E-state index contributed by atoms with van der Waals surface area (Å²) in [6.07, 6.45) is 6.79. The van der Waals surface area contributed by atoms with E-state index in [1.165, 1.54) is 12.8 Å². The van der Waals surface area contributed by atoms with Gasteiger partial charge in [0, 0.05) is 0 Å². The molecule has 0 bridgehead atoms. The molecule has 0 aromatic heterocycles. The first-order valence-electron chi connectivity index (χ1n) is 3.25. The van der Waals surface area contributed by atoms with Crippen molar-refractivity contribution in [1.82, 2.24) is 0 Å². The number of hydrogen-bond acceptors (Lipinski definition) is 0. The zero-order valence-corrected chi connectivity index (χ0v) is 7.32. The molecule has 50 valence electrons. The lowest BCUT2D eigenvalue weighted by Crippen LogP contribution is -1.86. The first-order valence-corrected chi connectivity index (χ1v) is 4.43. The van der Waals surface area contributed by atoms with Crippen molar-refractivity contribution in [1.29, 1.82) is 0 Å². The minimum Gasteiger partial charge on any atom is -0.106 e. The molecule has 9 heavy (non-hydrogen) atoms. The number of rotatable bonds is 0. The third-order valence-electron chi connectivity index (χ3n) is 2.31. The van der Waals surface area contributed by atoms with Gasteiger partial charge < -0.3 is 0 Å². The maximum Gasteiger partial charge on any atom is 0.106 e. The van der Waals surface area contributed by atoms with E-state index < -0.39 is 0 Å². The van der Waals surface area contributed by atoms with Gasteiger partial charge in [0.1, 0.15) is 3.78 Å². The molecule has 1 fully saturated rings. The highest BCUT2D eigenvalue weighted by Crippen LogP contribution is 2.65. The van der Waals surface area contributed by atoms with Crippen molar-refractivity contribution >= 4 is 27.5 Å². The number of hydrogen-bond donors (Lipinski definition) is 0. The first kappa shape index (κ1) is 6.23. The van der Waals surface area contributed by atoms with Crippen LogP contribution in [0.2, 0.25) is 0 Å². The van der Waals surface area contributed by atoms with Crippen LogP contribution in [0.5, 0.6) is 0 Å². The van der Waals surface area contributed by atoms with Crippen LogP contribution in [0.1, 0.15) is 12.8 Å². The van der Waals surface area contributed by atoms with Crippen molar-refractivity contribution in [3.8, 4) is 0 Å². The molecule has 0 spiro atoms. The van der Waals surface area contributed by atoms with Crippen molar-refractivity contribution in [3.05, 3.63) is 12.2 Å². The number of halogens is 2. The van der Waals surface area contributed by atoms with E-state index in [1.54, 1.807) is 0 Å². The summed E-state index contributed by atoms with van der Waals surface area (Å²) in [5.41, 5.74) is 0. The Balaban J connectivity index is 2.14. The normalized spacial score (nSPS) is 54.9. The van der Waals surface area contributed by atoms with Crippen LogP contribution in [-0.4, -0.2) is 3.78 Å². The van der Waals surface area contributed by atoms with Gasteiger partial charge in [0.15, 0.2) is 0 Å². The number of fused-ring (bicyclic) bond motifs is 1. The van der Waals surface area contributed by atoms with E-state index >= 15 is 0 Å². The second-order valence-electron chi connectivity index (χ2n) is 2.83. The van der Waals surface area contributed by atoms with Gasteiger partial charge in [-0.05, 0) is 24.7 Å². The molecule has 0 N–H and O–H groups in total. The standard InChI is InChI=1S/C7H8BrCl/c8-7(9)5-3-1-2-4-6(5)7/h1-2,5-6H,3-4H2/t5-,6-/m0/s1. The van der Waals surface area contributed by atoms with Crippen molar-refractivity contribution in [2.75, 3.05) is 0 Å². The van der Waals surface area contributed by atoms with Crippen LogP contribution in [0, 0.1) is 11.8 Å². The highest BCUT2D eigenvalue weighted by molar-refractivity contribution is 9.10. The van der Waals surface area contributed by atoms with Crippen LogP contribution in [0.3, 0.4) is 0 Å². The van der Waals surface area contributed by atoms with Crippen LogP contribution < -0.4 is 0 Å². The molecular formula is C7H8BrCl. The monoisotopic (exact) mass is 206 g/mol. The van der Waals surface area contributed by atoms with Gasteiger partial charge in [0.2, 0.25) is 0 Å². The largest absolute Gasteiger partial charge is 0.106 e. The van der Waals surface area contributed by atoms with E-state index in [-0.39, 0.29) is 3.78 Å².